The molecule has 1 heterocycles. The first-order chi connectivity index (χ1) is 10.9. The van der Waals surface area contributed by atoms with Gasteiger partial charge in [-0.3, -0.25) is 9.59 Å². The summed E-state index contributed by atoms with van der Waals surface area (Å²) in [5, 5.41) is 9.78. The lowest BCUT2D eigenvalue weighted by Crippen LogP contribution is -2.36. The first-order valence-corrected chi connectivity index (χ1v) is 7.52. The molecule has 0 fully saturated rings. The molecule has 2 rings (SSSR count). The molecule has 0 aliphatic heterocycles. The van der Waals surface area contributed by atoms with Crippen LogP contribution < -0.4 is 4.90 Å². The number of fused-ring (bicyclic) bond motifs is 1. The fraction of sp³-hybridized carbons (Fsp3) is 0.353. The summed E-state index contributed by atoms with van der Waals surface area (Å²) in [6.07, 6.45) is 0.697. The lowest BCUT2D eigenvalue weighted by Gasteiger charge is -2.22. The maximum atomic E-state index is 12.9. The van der Waals surface area contributed by atoms with Crippen molar-refractivity contribution in [3.05, 3.63) is 35.9 Å². The Bertz CT molecular complexity index is 728. The predicted molar refractivity (Wildman–Crippen MR) is 89.9 cm³/mol. The van der Waals surface area contributed by atoms with Gasteiger partial charge in [-0.2, -0.15) is 0 Å². The number of hydrogen-bond acceptors (Lipinski definition) is 4. The number of anilines is 1. The van der Waals surface area contributed by atoms with Crippen molar-refractivity contribution < 1.29 is 14.7 Å². The van der Waals surface area contributed by atoms with Gasteiger partial charge in [0.05, 0.1) is 11.1 Å². The molecule has 2 aromatic rings. The van der Waals surface area contributed by atoms with Crippen LogP contribution in [-0.4, -0.2) is 54.1 Å². The number of carbonyl (C=O) groups excluding carboxylic acids is 1. The largest absolute Gasteiger partial charge is 0.480 e. The standard InChI is InChI=1S/C17H21N3O3/c1-4-9-20(11-16(21)22)17(23)13-10-15(19(2)3)18-14-8-6-5-7-12(13)14/h5-8,10H,4,9,11H2,1-3H3,(H,21,22). The zero-order chi connectivity index (χ0) is 17.0. The van der Waals surface area contributed by atoms with Gasteiger partial charge < -0.3 is 14.9 Å². The molecule has 0 unspecified atom stereocenters. The van der Waals surface area contributed by atoms with Crippen molar-refractivity contribution in [2.75, 3.05) is 32.1 Å². The van der Waals surface area contributed by atoms with E-state index in [9.17, 15) is 9.59 Å². The van der Waals surface area contributed by atoms with Gasteiger partial charge in [0.25, 0.3) is 5.91 Å². The minimum Gasteiger partial charge on any atom is -0.480 e. The highest BCUT2D eigenvalue weighted by Crippen LogP contribution is 2.23. The summed E-state index contributed by atoms with van der Waals surface area (Å²) in [4.78, 5) is 31.6. The zero-order valence-corrected chi connectivity index (χ0v) is 13.6. The van der Waals surface area contributed by atoms with E-state index in [1.54, 1.807) is 6.07 Å². The zero-order valence-electron chi connectivity index (χ0n) is 13.6. The van der Waals surface area contributed by atoms with Gasteiger partial charge in [-0.05, 0) is 18.6 Å². The highest BCUT2D eigenvalue weighted by atomic mass is 16.4. The van der Waals surface area contributed by atoms with Crippen LogP contribution in [0.5, 0.6) is 0 Å². The van der Waals surface area contributed by atoms with Gasteiger partial charge in [0.1, 0.15) is 12.4 Å². The topological polar surface area (TPSA) is 73.7 Å². The van der Waals surface area contributed by atoms with Gasteiger partial charge in [-0.25, -0.2) is 4.98 Å². The van der Waals surface area contributed by atoms with Crippen molar-refractivity contribution in [3.63, 3.8) is 0 Å². The van der Waals surface area contributed by atoms with Crippen molar-refractivity contribution >= 4 is 28.6 Å². The number of rotatable bonds is 6. The molecule has 1 aromatic carbocycles. The number of nitrogens with zero attached hydrogens (tertiary/aromatic N) is 3. The summed E-state index contributed by atoms with van der Waals surface area (Å²) < 4.78 is 0. The smallest absolute Gasteiger partial charge is 0.323 e. The average Bonchev–Trinajstić information content (AvgIpc) is 2.52. The maximum Gasteiger partial charge on any atom is 0.323 e. The number of benzene rings is 1. The average molecular weight is 315 g/mol. The van der Waals surface area contributed by atoms with Crippen molar-refractivity contribution in [2.24, 2.45) is 0 Å². The van der Waals surface area contributed by atoms with Crippen LogP contribution in [0.2, 0.25) is 0 Å². The van der Waals surface area contributed by atoms with Crippen LogP contribution in [0.15, 0.2) is 30.3 Å². The van der Waals surface area contributed by atoms with Crippen molar-refractivity contribution in [2.45, 2.75) is 13.3 Å². The number of carboxylic acids is 1. The van der Waals surface area contributed by atoms with Crippen LogP contribution in [0.3, 0.4) is 0 Å². The molecule has 1 N–H and O–H groups in total. The second-order valence-corrected chi connectivity index (χ2v) is 5.56. The monoisotopic (exact) mass is 315 g/mol. The number of hydrogen-bond donors (Lipinski definition) is 1. The van der Waals surface area contributed by atoms with Crippen LogP contribution in [0.4, 0.5) is 5.82 Å². The molecule has 122 valence electrons. The number of carboxylic acid groups (broad SMARTS) is 1. The normalized spacial score (nSPS) is 10.6. The molecule has 0 spiro atoms. The third-order valence-electron chi connectivity index (χ3n) is 3.50. The first-order valence-electron chi connectivity index (χ1n) is 7.52. The van der Waals surface area contributed by atoms with E-state index in [1.807, 2.05) is 50.2 Å². The fourth-order valence-corrected chi connectivity index (χ4v) is 2.42. The SMILES string of the molecule is CCCN(CC(=O)O)C(=O)c1cc(N(C)C)nc2ccccc12. The van der Waals surface area contributed by atoms with Gasteiger partial charge in [0.2, 0.25) is 0 Å². The van der Waals surface area contributed by atoms with E-state index in [1.165, 1.54) is 4.90 Å². The van der Waals surface area contributed by atoms with Crippen LogP contribution in [0.25, 0.3) is 10.9 Å². The maximum absolute atomic E-state index is 12.9. The molecule has 1 aromatic heterocycles. The Morgan fingerprint density at radius 2 is 1.91 bits per heavy atom. The first kappa shape index (κ1) is 16.7. The van der Waals surface area contributed by atoms with Gasteiger partial charge in [-0.1, -0.05) is 25.1 Å². The van der Waals surface area contributed by atoms with E-state index < -0.39 is 5.97 Å². The molecule has 23 heavy (non-hydrogen) atoms. The molecule has 0 aliphatic carbocycles. The molecule has 6 nitrogen and oxygen atoms in total. The van der Waals surface area contributed by atoms with Gasteiger partial charge in [-0.15, -0.1) is 0 Å². The minimum atomic E-state index is -1.02. The summed E-state index contributed by atoms with van der Waals surface area (Å²) in [5.74, 6) is -0.632. The van der Waals surface area contributed by atoms with Crippen molar-refractivity contribution in [3.8, 4) is 0 Å². The predicted octanol–water partition coefficient (Wildman–Crippen LogP) is 2.24. The molecule has 6 heteroatoms. The van der Waals surface area contributed by atoms with E-state index in [2.05, 4.69) is 4.98 Å². The summed E-state index contributed by atoms with van der Waals surface area (Å²) in [6.45, 7) is 2.01. The third-order valence-corrected chi connectivity index (χ3v) is 3.50. The number of aliphatic carboxylic acids is 1. The molecule has 0 bridgehead atoms. The van der Waals surface area contributed by atoms with Crippen molar-refractivity contribution in [1.29, 1.82) is 0 Å². The highest BCUT2D eigenvalue weighted by molar-refractivity contribution is 6.07. The van der Waals surface area contributed by atoms with Gasteiger partial charge in [0, 0.05) is 26.0 Å². The lowest BCUT2D eigenvalue weighted by molar-refractivity contribution is -0.137. The molecule has 1 amide bonds. The minimum absolute atomic E-state index is 0.282. The Labute approximate surface area is 135 Å². The van der Waals surface area contributed by atoms with Gasteiger partial charge >= 0.3 is 5.97 Å². The number of pyridine rings is 1. The van der Waals surface area contributed by atoms with Crippen LogP contribution in [-0.2, 0) is 4.79 Å². The number of para-hydroxylation sites is 1. The second kappa shape index (κ2) is 7.09. The van der Waals surface area contributed by atoms with E-state index in [0.29, 0.717) is 29.9 Å². The van der Waals surface area contributed by atoms with E-state index in [0.717, 1.165) is 5.39 Å². The quantitative estimate of drug-likeness (QED) is 0.885. The number of aromatic nitrogens is 1. The molecular formula is C17H21N3O3. The number of amides is 1. The Morgan fingerprint density at radius 3 is 2.52 bits per heavy atom. The molecule has 0 saturated carbocycles. The molecule has 0 saturated heterocycles. The Kier molecular flexibility index (Phi) is 5.16. The van der Waals surface area contributed by atoms with Crippen LogP contribution in [0, 0.1) is 0 Å². The lowest BCUT2D eigenvalue weighted by atomic mass is 10.1. The summed E-state index contributed by atoms with van der Waals surface area (Å²) in [5.41, 5.74) is 1.20. The number of carbonyl (C=O) groups is 2. The Hall–Kier alpha value is -2.63. The molecular weight excluding hydrogens is 294 g/mol. The highest BCUT2D eigenvalue weighted by Gasteiger charge is 2.21. The molecule has 0 radical (unpaired) electrons. The summed E-state index contributed by atoms with van der Waals surface area (Å²) >= 11 is 0. The van der Waals surface area contributed by atoms with Crippen molar-refractivity contribution in [1.82, 2.24) is 9.88 Å². The van der Waals surface area contributed by atoms with Crippen LogP contribution in [0.1, 0.15) is 23.7 Å². The molecule has 0 atom stereocenters. The Balaban J connectivity index is 2.55. The summed E-state index contributed by atoms with van der Waals surface area (Å²) in [7, 11) is 3.71. The van der Waals surface area contributed by atoms with Crippen LogP contribution >= 0.6 is 0 Å². The Morgan fingerprint density at radius 1 is 1.22 bits per heavy atom. The van der Waals surface area contributed by atoms with E-state index in [4.69, 9.17) is 5.11 Å². The second-order valence-electron chi connectivity index (χ2n) is 5.56. The molecule has 0 aliphatic rings. The summed E-state index contributed by atoms with van der Waals surface area (Å²) in [6, 6.07) is 9.11. The fourth-order valence-electron chi connectivity index (χ4n) is 2.42. The third kappa shape index (κ3) is 3.77. The van der Waals surface area contributed by atoms with E-state index >= 15 is 0 Å². The van der Waals surface area contributed by atoms with Gasteiger partial charge in [0.15, 0.2) is 0 Å². The van der Waals surface area contributed by atoms with E-state index in [-0.39, 0.29) is 12.5 Å².